The summed E-state index contributed by atoms with van der Waals surface area (Å²) in [5, 5.41) is 5.29. The standard InChI is InChI=1S/C15H17FN2O2S/c16-11-4-2-1-3-9(11)7-13-15(20)18-12(8-21-13)14(19)17-10-5-6-10/h1-4,10,12-13H,5-8H2,(H,17,19)(H,18,20). The molecule has 1 aliphatic heterocycles. The molecule has 2 unspecified atom stereocenters. The van der Waals surface area contributed by atoms with Crippen LogP contribution in [0.3, 0.4) is 0 Å². The van der Waals surface area contributed by atoms with Crippen LogP contribution in [0.2, 0.25) is 0 Å². The number of amides is 2. The third kappa shape index (κ3) is 3.56. The molecule has 1 aromatic rings. The normalized spacial score (nSPS) is 25.3. The van der Waals surface area contributed by atoms with E-state index < -0.39 is 6.04 Å². The van der Waals surface area contributed by atoms with Crippen LogP contribution in [0, 0.1) is 5.82 Å². The first-order valence-corrected chi connectivity index (χ1v) is 8.14. The average Bonchev–Trinajstić information content (AvgIpc) is 3.27. The molecule has 112 valence electrons. The van der Waals surface area contributed by atoms with E-state index in [4.69, 9.17) is 0 Å². The van der Waals surface area contributed by atoms with E-state index >= 15 is 0 Å². The summed E-state index contributed by atoms with van der Waals surface area (Å²) in [5.74, 6) is -0.0590. The molecule has 4 nitrogen and oxygen atoms in total. The average molecular weight is 308 g/mol. The van der Waals surface area contributed by atoms with Gasteiger partial charge >= 0.3 is 0 Å². The Bertz CT molecular complexity index is 562. The third-order valence-corrected chi connectivity index (χ3v) is 4.99. The lowest BCUT2D eigenvalue weighted by Crippen LogP contribution is -2.54. The van der Waals surface area contributed by atoms with Gasteiger partial charge in [0.25, 0.3) is 0 Å². The summed E-state index contributed by atoms with van der Waals surface area (Å²) in [4.78, 5) is 24.0. The third-order valence-electron chi connectivity index (χ3n) is 3.68. The van der Waals surface area contributed by atoms with Crippen molar-refractivity contribution in [3.63, 3.8) is 0 Å². The molecule has 21 heavy (non-hydrogen) atoms. The highest BCUT2D eigenvalue weighted by molar-refractivity contribution is 8.00. The van der Waals surface area contributed by atoms with Gasteiger partial charge in [0.05, 0.1) is 5.25 Å². The maximum absolute atomic E-state index is 13.6. The zero-order valence-corrected chi connectivity index (χ0v) is 12.3. The van der Waals surface area contributed by atoms with Gasteiger partial charge in [0.1, 0.15) is 11.9 Å². The molecule has 6 heteroatoms. The molecule has 2 aliphatic rings. The van der Waals surface area contributed by atoms with Crippen LogP contribution in [0.1, 0.15) is 18.4 Å². The fraction of sp³-hybridized carbons (Fsp3) is 0.467. The lowest BCUT2D eigenvalue weighted by Gasteiger charge is -2.28. The van der Waals surface area contributed by atoms with Crippen molar-refractivity contribution in [2.24, 2.45) is 0 Å². The number of thioether (sulfide) groups is 1. The number of benzene rings is 1. The largest absolute Gasteiger partial charge is 0.352 e. The summed E-state index contributed by atoms with van der Waals surface area (Å²) in [6, 6.07) is 6.29. The Morgan fingerprint density at radius 2 is 2.14 bits per heavy atom. The van der Waals surface area contributed by atoms with Crippen LogP contribution < -0.4 is 10.6 Å². The number of carbonyl (C=O) groups is 2. The molecular weight excluding hydrogens is 291 g/mol. The molecule has 0 spiro atoms. The second-order valence-electron chi connectivity index (χ2n) is 5.46. The zero-order chi connectivity index (χ0) is 14.8. The SMILES string of the molecule is O=C(NC1CC1)C1CSC(Cc2ccccc2F)C(=O)N1. The van der Waals surface area contributed by atoms with Gasteiger partial charge in [0.2, 0.25) is 11.8 Å². The van der Waals surface area contributed by atoms with Crippen molar-refractivity contribution < 1.29 is 14.0 Å². The van der Waals surface area contributed by atoms with E-state index in [2.05, 4.69) is 10.6 Å². The maximum atomic E-state index is 13.6. The second kappa shape index (κ2) is 6.05. The minimum Gasteiger partial charge on any atom is -0.352 e. The Morgan fingerprint density at radius 3 is 2.81 bits per heavy atom. The number of rotatable bonds is 4. The van der Waals surface area contributed by atoms with Crippen molar-refractivity contribution in [3.8, 4) is 0 Å². The summed E-state index contributed by atoms with van der Waals surface area (Å²) in [7, 11) is 0. The lowest BCUT2D eigenvalue weighted by atomic mass is 10.1. The number of carbonyl (C=O) groups excluding carboxylic acids is 2. The Labute approximate surface area is 126 Å². The van der Waals surface area contributed by atoms with E-state index in [0.717, 1.165) is 12.8 Å². The molecular formula is C15H17FN2O2S. The van der Waals surface area contributed by atoms with Crippen molar-refractivity contribution in [3.05, 3.63) is 35.6 Å². The topological polar surface area (TPSA) is 58.2 Å². The van der Waals surface area contributed by atoms with Crippen molar-refractivity contribution in [2.45, 2.75) is 36.6 Å². The minimum atomic E-state index is -0.472. The summed E-state index contributed by atoms with van der Waals surface area (Å²) < 4.78 is 13.6. The van der Waals surface area contributed by atoms with Crippen LogP contribution in [-0.4, -0.2) is 34.9 Å². The predicted octanol–water partition coefficient (Wildman–Crippen LogP) is 1.25. The van der Waals surface area contributed by atoms with E-state index in [9.17, 15) is 14.0 Å². The summed E-state index contributed by atoms with van der Waals surface area (Å²) in [6.07, 6.45) is 2.39. The molecule has 0 radical (unpaired) electrons. The van der Waals surface area contributed by atoms with Crippen molar-refractivity contribution in [1.29, 1.82) is 0 Å². The van der Waals surface area contributed by atoms with Gasteiger partial charge in [-0.05, 0) is 30.9 Å². The Kier molecular flexibility index (Phi) is 4.14. The van der Waals surface area contributed by atoms with Crippen LogP contribution in [0.25, 0.3) is 0 Å². The summed E-state index contributed by atoms with van der Waals surface area (Å²) in [5.41, 5.74) is 0.533. The molecule has 2 atom stereocenters. The van der Waals surface area contributed by atoms with E-state index in [-0.39, 0.29) is 28.9 Å². The van der Waals surface area contributed by atoms with E-state index in [1.165, 1.54) is 17.8 Å². The smallest absolute Gasteiger partial charge is 0.243 e. The van der Waals surface area contributed by atoms with E-state index in [1.807, 2.05) is 0 Å². The molecule has 1 aromatic carbocycles. The van der Waals surface area contributed by atoms with Gasteiger partial charge < -0.3 is 10.6 Å². The maximum Gasteiger partial charge on any atom is 0.243 e. The zero-order valence-electron chi connectivity index (χ0n) is 11.5. The summed E-state index contributed by atoms with van der Waals surface area (Å²) in [6.45, 7) is 0. The second-order valence-corrected chi connectivity index (χ2v) is 6.70. The van der Waals surface area contributed by atoms with Crippen LogP contribution in [0.4, 0.5) is 4.39 Å². The minimum absolute atomic E-state index is 0.109. The Morgan fingerprint density at radius 1 is 1.38 bits per heavy atom. The molecule has 1 saturated heterocycles. The van der Waals surface area contributed by atoms with E-state index in [1.54, 1.807) is 18.2 Å². The van der Waals surface area contributed by atoms with Gasteiger partial charge in [-0.25, -0.2) is 4.39 Å². The van der Waals surface area contributed by atoms with Gasteiger partial charge in [0, 0.05) is 11.8 Å². The molecule has 1 heterocycles. The molecule has 3 rings (SSSR count). The number of nitrogens with one attached hydrogen (secondary N) is 2. The molecule has 2 N–H and O–H groups in total. The first kappa shape index (κ1) is 14.4. The summed E-state index contributed by atoms with van der Waals surface area (Å²) >= 11 is 1.42. The molecule has 2 fully saturated rings. The van der Waals surface area contributed by atoms with Crippen molar-refractivity contribution in [1.82, 2.24) is 10.6 Å². The predicted molar refractivity (Wildman–Crippen MR) is 79.4 cm³/mol. The number of hydrogen-bond donors (Lipinski definition) is 2. The Balaban J connectivity index is 1.57. The van der Waals surface area contributed by atoms with Gasteiger partial charge in [0.15, 0.2) is 0 Å². The van der Waals surface area contributed by atoms with Gasteiger partial charge in [-0.1, -0.05) is 18.2 Å². The first-order valence-electron chi connectivity index (χ1n) is 7.09. The highest BCUT2D eigenvalue weighted by atomic mass is 32.2. The van der Waals surface area contributed by atoms with Gasteiger partial charge in [-0.15, -0.1) is 11.8 Å². The quantitative estimate of drug-likeness (QED) is 0.880. The molecule has 1 saturated carbocycles. The highest BCUT2D eigenvalue weighted by Crippen LogP contribution is 2.24. The fourth-order valence-corrected chi connectivity index (χ4v) is 3.46. The highest BCUT2D eigenvalue weighted by Gasteiger charge is 2.34. The molecule has 2 amide bonds. The van der Waals surface area contributed by atoms with Gasteiger partial charge in [-0.2, -0.15) is 0 Å². The molecule has 1 aliphatic carbocycles. The van der Waals surface area contributed by atoms with Crippen LogP contribution >= 0.6 is 11.8 Å². The monoisotopic (exact) mass is 308 g/mol. The fourth-order valence-electron chi connectivity index (χ4n) is 2.28. The van der Waals surface area contributed by atoms with Crippen LogP contribution in [0.5, 0.6) is 0 Å². The first-order chi connectivity index (χ1) is 10.1. The number of halogens is 1. The van der Waals surface area contributed by atoms with E-state index in [0.29, 0.717) is 17.7 Å². The van der Waals surface area contributed by atoms with Crippen LogP contribution in [-0.2, 0) is 16.0 Å². The van der Waals surface area contributed by atoms with Crippen molar-refractivity contribution >= 4 is 23.6 Å². The molecule has 0 aromatic heterocycles. The van der Waals surface area contributed by atoms with Crippen LogP contribution in [0.15, 0.2) is 24.3 Å². The Hall–Kier alpha value is -1.56. The van der Waals surface area contributed by atoms with Crippen molar-refractivity contribution in [2.75, 3.05) is 5.75 Å². The number of hydrogen-bond acceptors (Lipinski definition) is 3. The lowest BCUT2D eigenvalue weighted by molar-refractivity contribution is -0.128. The molecule has 0 bridgehead atoms. The van der Waals surface area contributed by atoms with Gasteiger partial charge in [-0.3, -0.25) is 9.59 Å².